The average Bonchev–Trinajstić information content (AvgIpc) is 2.29. The highest BCUT2D eigenvalue weighted by Gasteiger charge is 2.21. The molecule has 6 nitrogen and oxygen atoms in total. The standard InChI is InChI=1S/C12H15BrN2O4/c1-7(2)10(6-12(16)17)14-9-4-3-8(13)5-11(9)15(18)19/h3-5,7,10,14H,6H2,1-2H3,(H,16,17). The van der Waals surface area contributed by atoms with E-state index >= 15 is 0 Å². The number of nitro benzene ring substituents is 1. The maximum absolute atomic E-state index is 11.0. The number of carboxylic acid groups (broad SMARTS) is 1. The van der Waals surface area contributed by atoms with Crippen molar-refractivity contribution in [3.63, 3.8) is 0 Å². The first-order chi connectivity index (χ1) is 8.81. The molecule has 1 atom stereocenters. The van der Waals surface area contributed by atoms with Crippen molar-refractivity contribution < 1.29 is 14.8 Å². The lowest BCUT2D eigenvalue weighted by atomic mass is 10.0. The Morgan fingerprint density at radius 3 is 2.63 bits per heavy atom. The number of nitrogens with zero attached hydrogens (tertiary/aromatic N) is 1. The summed E-state index contributed by atoms with van der Waals surface area (Å²) in [5.41, 5.74) is 0.249. The Labute approximate surface area is 119 Å². The van der Waals surface area contributed by atoms with Crippen LogP contribution in [0.2, 0.25) is 0 Å². The number of anilines is 1. The first kappa shape index (κ1) is 15.4. The van der Waals surface area contributed by atoms with E-state index in [9.17, 15) is 14.9 Å². The van der Waals surface area contributed by atoms with Crippen LogP contribution in [0.1, 0.15) is 20.3 Å². The minimum atomic E-state index is -0.939. The van der Waals surface area contributed by atoms with Gasteiger partial charge in [0.1, 0.15) is 5.69 Å². The molecule has 0 amide bonds. The van der Waals surface area contributed by atoms with Gasteiger partial charge in [-0.25, -0.2) is 0 Å². The quantitative estimate of drug-likeness (QED) is 0.616. The molecule has 1 rings (SSSR count). The first-order valence-corrected chi connectivity index (χ1v) is 6.53. The van der Waals surface area contributed by atoms with Crippen molar-refractivity contribution in [3.05, 3.63) is 32.8 Å². The van der Waals surface area contributed by atoms with Gasteiger partial charge in [0.05, 0.1) is 11.3 Å². The highest BCUT2D eigenvalue weighted by molar-refractivity contribution is 9.10. The molecule has 0 fully saturated rings. The van der Waals surface area contributed by atoms with Gasteiger partial charge in [-0.05, 0) is 18.1 Å². The molecule has 0 aliphatic carbocycles. The van der Waals surface area contributed by atoms with Crippen LogP contribution >= 0.6 is 15.9 Å². The van der Waals surface area contributed by atoms with Crippen LogP contribution in [-0.2, 0) is 4.79 Å². The smallest absolute Gasteiger partial charge is 0.305 e. The van der Waals surface area contributed by atoms with Crippen LogP contribution in [0, 0.1) is 16.0 Å². The zero-order valence-corrected chi connectivity index (χ0v) is 12.2. The lowest BCUT2D eigenvalue weighted by molar-refractivity contribution is -0.384. The molecule has 7 heteroatoms. The Hall–Kier alpha value is -1.63. The lowest BCUT2D eigenvalue weighted by Gasteiger charge is -2.21. The number of carbonyl (C=O) groups is 1. The SMILES string of the molecule is CC(C)C(CC(=O)O)Nc1ccc(Br)cc1[N+](=O)[O-]. The van der Waals surface area contributed by atoms with E-state index in [0.29, 0.717) is 10.2 Å². The van der Waals surface area contributed by atoms with Crippen LogP contribution in [0.5, 0.6) is 0 Å². The van der Waals surface area contributed by atoms with Crippen LogP contribution in [0.3, 0.4) is 0 Å². The van der Waals surface area contributed by atoms with Gasteiger partial charge in [0, 0.05) is 16.6 Å². The van der Waals surface area contributed by atoms with E-state index in [1.807, 2.05) is 13.8 Å². The number of benzene rings is 1. The molecular weight excluding hydrogens is 316 g/mol. The molecule has 19 heavy (non-hydrogen) atoms. The maximum atomic E-state index is 11.0. The van der Waals surface area contributed by atoms with E-state index in [2.05, 4.69) is 21.2 Å². The molecule has 1 aromatic carbocycles. The number of aliphatic carboxylic acids is 1. The van der Waals surface area contributed by atoms with Crippen molar-refractivity contribution in [2.45, 2.75) is 26.3 Å². The van der Waals surface area contributed by atoms with Gasteiger partial charge in [0.15, 0.2) is 0 Å². The van der Waals surface area contributed by atoms with Crippen LogP contribution in [-0.4, -0.2) is 22.0 Å². The fourth-order valence-corrected chi connectivity index (χ4v) is 1.97. The summed E-state index contributed by atoms with van der Waals surface area (Å²) in [6.07, 6.45) is -0.0924. The minimum Gasteiger partial charge on any atom is -0.481 e. The van der Waals surface area contributed by atoms with Crippen LogP contribution < -0.4 is 5.32 Å². The van der Waals surface area contributed by atoms with Crippen LogP contribution in [0.25, 0.3) is 0 Å². The summed E-state index contributed by atoms with van der Waals surface area (Å²) in [5.74, 6) is -0.898. The molecule has 0 aromatic heterocycles. The van der Waals surface area contributed by atoms with Gasteiger partial charge in [-0.2, -0.15) is 0 Å². The van der Waals surface area contributed by atoms with E-state index in [1.165, 1.54) is 6.07 Å². The second-order valence-corrected chi connectivity index (χ2v) is 5.43. The summed E-state index contributed by atoms with van der Waals surface area (Å²) in [6.45, 7) is 3.73. The summed E-state index contributed by atoms with van der Waals surface area (Å²) in [4.78, 5) is 21.3. The summed E-state index contributed by atoms with van der Waals surface area (Å²) >= 11 is 3.17. The maximum Gasteiger partial charge on any atom is 0.305 e. The third kappa shape index (κ3) is 4.51. The molecule has 0 aliphatic heterocycles. The van der Waals surface area contributed by atoms with Gasteiger partial charge >= 0.3 is 5.97 Å². The molecule has 0 spiro atoms. The van der Waals surface area contributed by atoms with Gasteiger partial charge < -0.3 is 10.4 Å². The Morgan fingerprint density at radius 2 is 2.16 bits per heavy atom. The minimum absolute atomic E-state index is 0.0411. The van der Waals surface area contributed by atoms with Gasteiger partial charge in [-0.15, -0.1) is 0 Å². The van der Waals surface area contributed by atoms with Crippen molar-refractivity contribution in [3.8, 4) is 0 Å². The van der Waals surface area contributed by atoms with Crippen LogP contribution in [0.15, 0.2) is 22.7 Å². The molecular formula is C12H15BrN2O4. The zero-order valence-electron chi connectivity index (χ0n) is 10.6. The van der Waals surface area contributed by atoms with Gasteiger partial charge in [-0.1, -0.05) is 29.8 Å². The molecule has 0 aliphatic rings. The Bertz CT molecular complexity index is 491. The van der Waals surface area contributed by atoms with E-state index in [1.54, 1.807) is 12.1 Å². The molecule has 0 bridgehead atoms. The second kappa shape index (κ2) is 6.51. The van der Waals surface area contributed by atoms with E-state index in [4.69, 9.17) is 5.11 Å². The van der Waals surface area contributed by atoms with E-state index in [-0.39, 0.29) is 24.1 Å². The molecule has 0 radical (unpaired) electrons. The monoisotopic (exact) mass is 330 g/mol. The van der Waals surface area contributed by atoms with E-state index in [0.717, 1.165) is 0 Å². The fourth-order valence-electron chi connectivity index (χ4n) is 1.62. The molecule has 1 unspecified atom stereocenters. The van der Waals surface area contributed by atoms with Crippen molar-refractivity contribution in [2.75, 3.05) is 5.32 Å². The van der Waals surface area contributed by atoms with Crippen molar-refractivity contribution in [2.24, 2.45) is 5.92 Å². The van der Waals surface area contributed by atoms with Gasteiger partial charge in [0.25, 0.3) is 5.69 Å². The van der Waals surface area contributed by atoms with E-state index < -0.39 is 10.9 Å². The lowest BCUT2D eigenvalue weighted by Crippen LogP contribution is -2.28. The Balaban J connectivity index is 3.02. The predicted octanol–water partition coefficient (Wildman–Crippen LogP) is 3.27. The van der Waals surface area contributed by atoms with Crippen molar-refractivity contribution in [1.82, 2.24) is 0 Å². The predicted molar refractivity (Wildman–Crippen MR) is 75.3 cm³/mol. The highest BCUT2D eigenvalue weighted by atomic mass is 79.9. The van der Waals surface area contributed by atoms with Crippen molar-refractivity contribution in [1.29, 1.82) is 0 Å². The molecule has 0 saturated heterocycles. The molecule has 0 heterocycles. The third-order valence-electron chi connectivity index (χ3n) is 2.70. The number of hydrogen-bond donors (Lipinski definition) is 2. The third-order valence-corrected chi connectivity index (χ3v) is 3.19. The molecule has 2 N–H and O–H groups in total. The topological polar surface area (TPSA) is 92.5 Å². The van der Waals surface area contributed by atoms with Crippen molar-refractivity contribution >= 4 is 33.3 Å². The molecule has 104 valence electrons. The highest BCUT2D eigenvalue weighted by Crippen LogP contribution is 2.29. The Morgan fingerprint density at radius 1 is 1.53 bits per heavy atom. The number of nitro groups is 1. The average molecular weight is 331 g/mol. The number of carboxylic acids is 1. The zero-order chi connectivity index (χ0) is 14.6. The second-order valence-electron chi connectivity index (χ2n) is 4.51. The number of rotatable bonds is 6. The number of hydrogen-bond acceptors (Lipinski definition) is 4. The summed E-state index contributed by atoms with van der Waals surface area (Å²) in [6, 6.07) is 4.27. The summed E-state index contributed by atoms with van der Waals surface area (Å²) in [5, 5.41) is 22.8. The van der Waals surface area contributed by atoms with Crippen LogP contribution in [0.4, 0.5) is 11.4 Å². The molecule has 0 saturated carbocycles. The first-order valence-electron chi connectivity index (χ1n) is 5.73. The summed E-state index contributed by atoms with van der Waals surface area (Å²) in [7, 11) is 0. The molecule has 1 aromatic rings. The van der Waals surface area contributed by atoms with Gasteiger partial charge in [0.2, 0.25) is 0 Å². The normalized spacial score (nSPS) is 12.2. The number of halogens is 1. The van der Waals surface area contributed by atoms with Gasteiger partial charge in [-0.3, -0.25) is 14.9 Å². The summed E-state index contributed by atoms with van der Waals surface area (Å²) < 4.78 is 0.601. The fraction of sp³-hybridized carbons (Fsp3) is 0.417. The number of nitrogens with one attached hydrogen (secondary N) is 1. The Kier molecular flexibility index (Phi) is 5.29. The largest absolute Gasteiger partial charge is 0.481 e.